The van der Waals surface area contributed by atoms with Gasteiger partial charge in [-0.2, -0.15) is 0 Å². The summed E-state index contributed by atoms with van der Waals surface area (Å²) in [6.45, 7) is 1.05. The Hall–Kier alpha value is -0.530. The van der Waals surface area contributed by atoms with Crippen molar-refractivity contribution >= 4 is 5.91 Å². The van der Waals surface area contributed by atoms with Gasteiger partial charge in [-0.3, -0.25) is 4.79 Å². The van der Waals surface area contributed by atoms with E-state index in [1.165, 1.54) is 38.5 Å². The number of carbonyl (C=O) groups is 1. The second-order valence-electron chi connectivity index (χ2n) is 5.30. The molecule has 3 aliphatic rings. The number of likely N-dealkylation sites (tertiary alicyclic amines) is 1. The van der Waals surface area contributed by atoms with Crippen LogP contribution in [0.15, 0.2) is 0 Å². The molecule has 1 aliphatic heterocycles. The molecule has 0 N–H and O–H groups in total. The van der Waals surface area contributed by atoms with Crippen LogP contribution in [0.1, 0.15) is 51.4 Å². The summed E-state index contributed by atoms with van der Waals surface area (Å²) in [6.07, 6.45) is 10.1. The van der Waals surface area contributed by atoms with Gasteiger partial charge in [-0.05, 0) is 38.5 Å². The summed E-state index contributed by atoms with van der Waals surface area (Å²) in [5, 5.41) is 0. The summed E-state index contributed by atoms with van der Waals surface area (Å²) in [7, 11) is 0. The average molecular weight is 193 g/mol. The van der Waals surface area contributed by atoms with Gasteiger partial charge in [0.25, 0.3) is 0 Å². The van der Waals surface area contributed by atoms with Crippen molar-refractivity contribution in [3.8, 4) is 0 Å². The van der Waals surface area contributed by atoms with E-state index in [1.54, 1.807) is 0 Å². The minimum Gasteiger partial charge on any atom is -0.337 e. The number of carbonyl (C=O) groups excluding carboxylic acids is 1. The van der Waals surface area contributed by atoms with Crippen LogP contribution in [0.3, 0.4) is 0 Å². The summed E-state index contributed by atoms with van der Waals surface area (Å²) in [5.74, 6) is 0.912. The lowest BCUT2D eigenvalue weighted by Crippen LogP contribution is -2.45. The van der Waals surface area contributed by atoms with E-state index >= 15 is 0 Å². The predicted octanol–water partition coefficient (Wildman–Crippen LogP) is 2.33. The molecule has 0 aromatic rings. The van der Waals surface area contributed by atoms with Crippen LogP contribution in [0.4, 0.5) is 0 Å². The zero-order valence-corrected chi connectivity index (χ0v) is 8.80. The first-order valence-electron chi connectivity index (χ1n) is 6.13. The van der Waals surface area contributed by atoms with Crippen molar-refractivity contribution in [2.24, 2.45) is 5.92 Å². The largest absolute Gasteiger partial charge is 0.337 e. The zero-order valence-electron chi connectivity index (χ0n) is 8.80. The lowest BCUT2D eigenvalue weighted by atomic mass is 9.94. The molecule has 1 spiro atoms. The van der Waals surface area contributed by atoms with Gasteiger partial charge in [0.2, 0.25) is 5.91 Å². The number of amides is 1. The molecule has 0 radical (unpaired) electrons. The van der Waals surface area contributed by atoms with Gasteiger partial charge in [0.15, 0.2) is 0 Å². The number of hydrogen-bond acceptors (Lipinski definition) is 1. The molecule has 2 aliphatic carbocycles. The van der Waals surface area contributed by atoms with E-state index in [2.05, 4.69) is 4.90 Å². The topological polar surface area (TPSA) is 20.3 Å². The Morgan fingerprint density at radius 3 is 2.36 bits per heavy atom. The fraction of sp³-hybridized carbons (Fsp3) is 0.917. The van der Waals surface area contributed by atoms with Gasteiger partial charge in [-0.25, -0.2) is 0 Å². The molecular weight excluding hydrogens is 174 g/mol. The molecule has 2 saturated carbocycles. The third kappa shape index (κ3) is 1.19. The number of nitrogens with zero attached hydrogens (tertiary/aromatic N) is 1. The third-order valence-corrected chi connectivity index (χ3v) is 4.32. The molecule has 1 amide bonds. The summed E-state index contributed by atoms with van der Waals surface area (Å²) in [6, 6.07) is 0. The first-order chi connectivity index (χ1) is 6.82. The second-order valence-corrected chi connectivity index (χ2v) is 5.30. The molecule has 1 saturated heterocycles. The Balaban J connectivity index is 1.79. The van der Waals surface area contributed by atoms with Gasteiger partial charge in [-0.15, -0.1) is 0 Å². The monoisotopic (exact) mass is 193 g/mol. The maximum atomic E-state index is 12.1. The highest BCUT2D eigenvalue weighted by Gasteiger charge is 2.48. The summed E-state index contributed by atoms with van der Waals surface area (Å²) in [5.41, 5.74) is 0.333. The summed E-state index contributed by atoms with van der Waals surface area (Å²) >= 11 is 0. The van der Waals surface area contributed by atoms with Crippen molar-refractivity contribution in [3.63, 3.8) is 0 Å². The first-order valence-corrected chi connectivity index (χ1v) is 6.13. The molecule has 14 heavy (non-hydrogen) atoms. The second kappa shape index (κ2) is 2.98. The van der Waals surface area contributed by atoms with E-state index in [-0.39, 0.29) is 0 Å². The van der Waals surface area contributed by atoms with Gasteiger partial charge in [0.05, 0.1) is 0 Å². The minimum atomic E-state index is 0.333. The van der Waals surface area contributed by atoms with Crippen LogP contribution in [0.2, 0.25) is 0 Å². The lowest BCUT2D eigenvalue weighted by Gasteiger charge is -2.35. The molecule has 0 atom stereocenters. The highest BCUT2D eigenvalue weighted by Crippen LogP contribution is 2.45. The van der Waals surface area contributed by atoms with Crippen LogP contribution >= 0.6 is 0 Å². The molecule has 2 heteroatoms. The molecule has 3 fully saturated rings. The standard InChI is InChI=1S/C12H19NO/c14-11(10-4-5-10)13-9-3-8-12(13)6-1-2-7-12/h10H,1-9H2. The normalized spacial score (nSPS) is 30.1. The molecular formula is C12H19NO. The number of rotatable bonds is 1. The van der Waals surface area contributed by atoms with Crippen molar-refractivity contribution in [2.75, 3.05) is 6.54 Å². The molecule has 0 bridgehead atoms. The van der Waals surface area contributed by atoms with Crippen molar-refractivity contribution in [2.45, 2.75) is 56.9 Å². The Morgan fingerprint density at radius 1 is 1.07 bits per heavy atom. The quantitative estimate of drug-likeness (QED) is 0.626. The zero-order chi connectivity index (χ0) is 9.60. The van der Waals surface area contributed by atoms with E-state index in [0.717, 1.165) is 19.4 Å². The molecule has 1 heterocycles. The maximum Gasteiger partial charge on any atom is 0.226 e. The van der Waals surface area contributed by atoms with E-state index in [4.69, 9.17) is 0 Å². The fourth-order valence-corrected chi connectivity index (χ4v) is 3.39. The van der Waals surface area contributed by atoms with E-state index in [1.807, 2.05) is 0 Å². The van der Waals surface area contributed by atoms with Gasteiger partial charge < -0.3 is 4.90 Å². The van der Waals surface area contributed by atoms with Crippen LogP contribution in [0.25, 0.3) is 0 Å². The first kappa shape index (κ1) is 8.75. The van der Waals surface area contributed by atoms with Crippen LogP contribution < -0.4 is 0 Å². The van der Waals surface area contributed by atoms with Crippen LogP contribution in [-0.4, -0.2) is 22.9 Å². The van der Waals surface area contributed by atoms with Crippen LogP contribution in [0.5, 0.6) is 0 Å². The van der Waals surface area contributed by atoms with Crippen molar-refractivity contribution in [1.82, 2.24) is 4.90 Å². The maximum absolute atomic E-state index is 12.1. The van der Waals surface area contributed by atoms with Crippen molar-refractivity contribution in [3.05, 3.63) is 0 Å². The summed E-state index contributed by atoms with van der Waals surface area (Å²) in [4.78, 5) is 14.4. The SMILES string of the molecule is O=C(C1CC1)N1CCCC12CCCC2. The fourth-order valence-electron chi connectivity index (χ4n) is 3.39. The average Bonchev–Trinajstić information content (AvgIpc) is 2.82. The molecule has 0 aromatic carbocycles. The van der Waals surface area contributed by atoms with E-state index in [9.17, 15) is 4.79 Å². The Labute approximate surface area is 85.7 Å². The molecule has 3 rings (SSSR count). The lowest BCUT2D eigenvalue weighted by molar-refractivity contribution is -0.136. The van der Waals surface area contributed by atoms with Crippen molar-refractivity contribution < 1.29 is 4.79 Å². The summed E-state index contributed by atoms with van der Waals surface area (Å²) < 4.78 is 0. The van der Waals surface area contributed by atoms with E-state index < -0.39 is 0 Å². The molecule has 2 nitrogen and oxygen atoms in total. The smallest absolute Gasteiger partial charge is 0.226 e. The van der Waals surface area contributed by atoms with Crippen LogP contribution in [-0.2, 0) is 4.79 Å². The minimum absolute atomic E-state index is 0.333. The molecule has 0 aromatic heterocycles. The highest BCUT2D eigenvalue weighted by molar-refractivity contribution is 5.82. The van der Waals surface area contributed by atoms with Gasteiger partial charge in [0, 0.05) is 18.0 Å². The highest BCUT2D eigenvalue weighted by atomic mass is 16.2. The predicted molar refractivity (Wildman–Crippen MR) is 54.9 cm³/mol. The third-order valence-electron chi connectivity index (χ3n) is 4.32. The Bertz CT molecular complexity index is 246. The van der Waals surface area contributed by atoms with Gasteiger partial charge >= 0.3 is 0 Å². The molecule has 78 valence electrons. The Kier molecular flexibility index (Phi) is 1.86. The van der Waals surface area contributed by atoms with Gasteiger partial charge in [-0.1, -0.05) is 12.8 Å². The molecule has 0 unspecified atom stereocenters. The van der Waals surface area contributed by atoms with Crippen molar-refractivity contribution in [1.29, 1.82) is 0 Å². The Morgan fingerprint density at radius 2 is 1.71 bits per heavy atom. The van der Waals surface area contributed by atoms with E-state index in [0.29, 0.717) is 17.4 Å². The van der Waals surface area contributed by atoms with Gasteiger partial charge in [0.1, 0.15) is 0 Å². The van der Waals surface area contributed by atoms with Crippen LogP contribution in [0, 0.1) is 5.92 Å². The number of hydrogen-bond donors (Lipinski definition) is 0.